The van der Waals surface area contributed by atoms with Crippen LogP contribution in [0, 0.1) is 13.8 Å². The quantitative estimate of drug-likeness (QED) is 0.748. The molecule has 0 fully saturated rings. The van der Waals surface area contributed by atoms with Gasteiger partial charge in [-0.2, -0.15) is 0 Å². The highest BCUT2D eigenvalue weighted by atomic mass is 16.1. The topological polar surface area (TPSA) is 79.8 Å². The fourth-order valence-electron chi connectivity index (χ4n) is 2.38. The standard InChI is InChI=1S/C19H19N5O/c1-13-6-7-16(14(2)11-13)23-18(25)17-8-10-21-19(24-17)22-12-15-5-3-4-9-20-15/h3-11H,12H2,1-2H3,(H,23,25)(H,21,22,24). The number of nitrogens with zero attached hydrogens (tertiary/aromatic N) is 3. The molecule has 25 heavy (non-hydrogen) atoms. The molecule has 2 N–H and O–H groups in total. The lowest BCUT2D eigenvalue weighted by Crippen LogP contribution is -2.16. The fourth-order valence-corrected chi connectivity index (χ4v) is 2.38. The number of hydrogen-bond acceptors (Lipinski definition) is 5. The number of pyridine rings is 1. The van der Waals surface area contributed by atoms with Crippen LogP contribution < -0.4 is 10.6 Å². The predicted molar refractivity (Wildman–Crippen MR) is 97.5 cm³/mol. The second kappa shape index (κ2) is 7.53. The van der Waals surface area contributed by atoms with E-state index >= 15 is 0 Å². The first-order chi connectivity index (χ1) is 12.1. The highest BCUT2D eigenvalue weighted by Crippen LogP contribution is 2.17. The maximum atomic E-state index is 12.4. The summed E-state index contributed by atoms with van der Waals surface area (Å²) in [6, 6.07) is 13.1. The monoisotopic (exact) mass is 333 g/mol. The molecule has 1 amide bonds. The molecule has 6 heteroatoms. The number of aryl methyl sites for hydroxylation is 2. The van der Waals surface area contributed by atoms with Crippen molar-refractivity contribution in [2.45, 2.75) is 20.4 Å². The van der Waals surface area contributed by atoms with E-state index < -0.39 is 0 Å². The zero-order valence-electron chi connectivity index (χ0n) is 14.2. The second-order valence-electron chi connectivity index (χ2n) is 5.71. The van der Waals surface area contributed by atoms with Crippen LogP contribution in [0.5, 0.6) is 0 Å². The van der Waals surface area contributed by atoms with Gasteiger partial charge in [-0.3, -0.25) is 9.78 Å². The van der Waals surface area contributed by atoms with Gasteiger partial charge in [-0.25, -0.2) is 9.97 Å². The first-order valence-corrected chi connectivity index (χ1v) is 7.97. The molecule has 1 aromatic carbocycles. The van der Waals surface area contributed by atoms with Gasteiger partial charge in [0.2, 0.25) is 5.95 Å². The Morgan fingerprint density at radius 3 is 2.68 bits per heavy atom. The SMILES string of the molecule is Cc1ccc(NC(=O)c2ccnc(NCc3ccccn3)n2)c(C)c1. The highest BCUT2D eigenvalue weighted by Gasteiger charge is 2.10. The maximum Gasteiger partial charge on any atom is 0.274 e. The lowest BCUT2D eigenvalue weighted by atomic mass is 10.1. The van der Waals surface area contributed by atoms with Gasteiger partial charge in [-0.15, -0.1) is 0 Å². The molecule has 0 bridgehead atoms. The molecule has 2 aromatic heterocycles. The minimum absolute atomic E-state index is 0.268. The summed E-state index contributed by atoms with van der Waals surface area (Å²) in [5.41, 5.74) is 4.11. The minimum Gasteiger partial charge on any atom is -0.349 e. The largest absolute Gasteiger partial charge is 0.349 e. The average Bonchev–Trinajstić information content (AvgIpc) is 2.63. The van der Waals surface area contributed by atoms with Gasteiger partial charge in [0, 0.05) is 18.1 Å². The third kappa shape index (κ3) is 4.38. The minimum atomic E-state index is -0.268. The molecule has 3 aromatic rings. The summed E-state index contributed by atoms with van der Waals surface area (Å²) < 4.78 is 0. The third-order valence-corrected chi connectivity index (χ3v) is 3.67. The lowest BCUT2D eigenvalue weighted by molar-refractivity contribution is 0.102. The molecule has 0 saturated heterocycles. The summed E-state index contributed by atoms with van der Waals surface area (Å²) in [4.78, 5) is 25.1. The highest BCUT2D eigenvalue weighted by molar-refractivity contribution is 6.03. The Labute approximate surface area is 146 Å². The van der Waals surface area contributed by atoms with Crippen molar-refractivity contribution in [1.29, 1.82) is 0 Å². The van der Waals surface area contributed by atoms with E-state index in [9.17, 15) is 4.79 Å². The number of benzene rings is 1. The summed E-state index contributed by atoms with van der Waals surface area (Å²) in [5.74, 6) is 0.120. The van der Waals surface area contributed by atoms with Crippen LogP contribution in [0.25, 0.3) is 0 Å². The van der Waals surface area contributed by atoms with Gasteiger partial charge in [-0.1, -0.05) is 23.8 Å². The van der Waals surface area contributed by atoms with E-state index in [0.717, 1.165) is 22.5 Å². The maximum absolute atomic E-state index is 12.4. The molecule has 0 saturated carbocycles. The van der Waals surface area contributed by atoms with Gasteiger partial charge in [0.25, 0.3) is 5.91 Å². The summed E-state index contributed by atoms with van der Waals surface area (Å²) in [5, 5.41) is 5.96. The Bertz CT molecular complexity index is 880. The van der Waals surface area contributed by atoms with Gasteiger partial charge in [0.15, 0.2) is 0 Å². The van der Waals surface area contributed by atoms with Crippen LogP contribution in [0.4, 0.5) is 11.6 Å². The van der Waals surface area contributed by atoms with Crippen molar-refractivity contribution in [1.82, 2.24) is 15.0 Å². The normalized spacial score (nSPS) is 10.3. The number of aromatic nitrogens is 3. The second-order valence-corrected chi connectivity index (χ2v) is 5.71. The Kier molecular flexibility index (Phi) is 4.99. The van der Waals surface area contributed by atoms with Gasteiger partial charge in [0.1, 0.15) is 5.69 Å². The lowest BCUT2D eigenvalue weighted by Gasteiger charge is -2.09. The Hall–Kier alpha value is -3.28. The number of nitrogens with one attached hydrogen (secondary N) is 2. The molecule has 0 atom stereocenters. The van der Waals surface area contributed by atoms with Crippen molar-refractivity contribution in [3.63, 3.8) is 0 Å². The number of hydrogen-bond donors (Lipinski definition) is 2. The zero-order chi connectivity index (χ0) is 17.6. The van der Waals surface area contributed by atoms with Crippen molar-refractivity contribution in [3.05, 3.63) is 77.4 Å². The number of carbonyl (C=O) groups is 1. The summed E-state index contributed by atoms with van der Waals surface area (Å²) >= 11 is 0. The number of carbonyl (C=O) groups excluding carboxylic acids is 1. The van der Waals surface area contributed by atoms with Gasteiger partial charge >= 0.3 is 0 Å². The predicted octanol–water partition coefficient (Wildman–Crippen LogP) is 3.35. The van der Waals surface area contributed by atoms with Crippen LogP contribution in [-0.2, 0) is 6.54 Å². The van der Waals surface area contributed by atoms with Crippen molar-refractivity contribution in [2.75, 3.05) is 10.6 Å². The molecule has 3 rings (SSSR count). The van der Waals surface area contributed by atoms with Crippen LogP contribution >= 0.6 is 0 Å². The number of anilines is 2. The number of rotatable bonds is 5. The summed E-state index contributed by atoms with van der Waals surface area (Å²) in [6.07, 6.45) is 3.29. The van der Waals surface area contributed by atoms with Crippen LogP contribution in [0.1, 0.15) is 27.3 Å². The molecule has 0 spiro atoms. The van der Waals surface area contributed by atoms with Crippen LogP contribution in [0.2, 0.25) is 0 Å². The first kappa shape index (κ1) is 16.6. The summed E-state index contributed by atoms with van der Waals surface area (Å²) in [7, 11) is 0. The molecular formula is C19H19N5O. The molecule has 126 valence electrons. The van der Waals surface area contributed by atoms with E-state index in [1.54, 1.807) is 18.5 Å². The molecular weight excluding hydrogens is 314 g/mol. The summed E-state index contributed by atoms with van der Waals surface area (Å²) in [6.45, 7) is 4.47. The van der Waals surface area contributed by atoms with E-state index in [0.29, 0.717) is 18.2 Å². The Morgan fingerprint density at radius 2 is 1.92 bits per heavy atom. The van der Waals surface area contributed by atoms with Crippen LogP contribution in [-0.4, -0.2) is 20.9 Å². The van der Waals surface area contributed by atoms with E-state index in [1.807, 2.05) is 50.2 Å². The molecule has 0 unspecified atom stereocenters. The Balaban J connectivity index is 1.69. The third-order valence-electron chi connectivity index (χ3n) is 3.67. The smallest absolute Gasteiger partial charge is 0.274 e. The van der Waals surface area contributed by atoms with Gasteiger partial charge in [-0.05, 0) is 43.7 Å². The van der Waals surface area contributed by atoms with Crippen molar-refractivity contribution >= 4 is 17.5 Å². The van der Waals surface area contributed by atoms with Crippen LogP contribution in [0.15, 0.2) is 54.9 Å². The van der Waals surface area contributed by atoms with E-state index in [-0.39, 0.29) is 5.91 Å². The molecule has 0 aliphatic rings. The average molecular weight is 333 g/mol. The number of amides is 1. The van der Waals surface area contributed by atoms with Crippen LogP contribution in [0.3, 0.4) is 0 Å². The molecule has 0 aliphatic heterocycles. The van der Waals surface area contributed by atoms with E-state index in [2.05, 4.69) is 25.6 Å². The molecule has 0 aliphatic carbocycles. The van der Waals surface area contributed by atoms with Crippen molar-refractivity contribution < 1.29 is 4.79 Å². The first-order valence-electron chi connectivity index (χ1n) is 7.97. The van der Waals surface area contributed by atoms with Gasteiger partial charge in [0.05, 0.1) is 12.2 Å². The molecule has 2 heterocycles. The van der Waals surface area contributed by atoms with E-state index in [4.69, 9.17) is 0 Å². The fraction of sp³-hybridized carbons (Fsp3) is 0.158. The van der Waals surface area contributed by atoms with E-state index in [1.165, 1.54) is 0 Å². The van der Waals surface area contributed by atoms with Gasteiger partial charge < -0.3 is 10.6 Å². The molecule has 0 radical (unpaired) electrons. The molecule has 6 nitrogen and oxygen atoms in total. The van der Waals surface area contributed by atoms with Crippen molar-refractivity contribution in [2.24, 2.45) is 0 Å². The van der Waals surface area contributed by atoms with Crippen molar-refractivity contribution in [3.8, 4) is 0 Å². The Morgan fingerprint density at radius 1 is 1.04 bits per heavy atom. The zero-order valence-corrected chi connectivity index (χ0v) is 14.2.